The monoisotopic (exact) mass is 277 g/mol. The van der Waals surface area contributed by atoms with Gasteiger partial charge in [-0.25, -0.2) is 0 Å². The standard InChI is InChI=1S/C12H14F3NO3/c13-12(14,15)11(5-6-11)16-9(17)7-3-1-2-4-8(7)10(18)19/h1-2,7-8H,3-6H2,(H,16,17)(H,18,19). The number of amides is 1. The predicted octanol–water partition coefficient (Wildman–Crippen LogP) is 1.86. The Bertz CT molecular complexity index is 426. The number of alkyl halides is 3. The molecule has 1 fully saturated rings. The molecular formula is C12H14F3NO3. The van der Waals surface area contributed by atoms with Crippen LogP contribution in [0, 0.1) is 11.8 Å². The molecule has 0 aromatic carbocycles. The molecule has 2 aliphatic rings. The van der Waals surface area contributed by atoms with Gasteiger partial charge in [0.2, 0.25) is 5.91 Å². The van der Waals surface area contributed by atoms with Gasteiger partial charge < -0.3 is 10.4 Å². The van der Waals surface area contributed by atoms with Gasteiger partial charge >= 0.3 is 12.1 Å². The van der Waals surface area contributed by atoms with Gasteiger partial charge in [0.15, 0.2) is 0 Å². The minimum Gasteiger partial charge on any atom is -0.481 e. The highest BCUT2D eigenvalue weighted by Crippen LogP contribution is 2.49. The Balaban J connectivity index is 2.08. The van der Waals surface area contributed by atoms with Crippen LogP contribution in [-0.2, 0) is 9.59 Å². The van der Waals surface area contributed by atoms with Gasteiger partial charge in [0.25, 0.3) is 0 Å². The van der Waals surface area contributed by atoms with Crippen molar-refractivity contribution in [2.24, 2.45) is 11.8 Å². The Morgan fingerprint density at radius 3 is 2.11 bits per heavy atom. The maximum absolute atomic E-state index is 12.7. The van der Waals surface area contributed by atoms with E-state index in [-0.39, 0.29) is 25.7 Å². The van der Waals surface area contributed by atoms with E-state index in [9.17, 15) is 22.8 Å². The number of carboxylic acids is 1. The Kier molecular flexibility index (Phi) is 3.32. The second kappa shape index (κ2) is 4.54. The van der Waals surface area contributed by atoms with Crippen molar-refractivity contribution in [2.45, 2.75) is 37.4 Å². The summed E-state index contributed by atoms with van der Waals surface area (Å²) in [5.41, 5.74) is -2.13. The van der Waals surface area contributed by atoms with E-state index < -0.39 is 35.4 Å². The van der Waals surface area contributed by atoms with Crippen molar-refractivity contribution in [1.29, 1.82) is 0 Å². The van der Waals surface area contributed by atoms with Crippen LogP contribution in [0.2, 0.25) is 0 Å². The highest BCUT2D eigenvalue weighted by atomic mass is 19.4. The molecule has 0 aliphatic heterocycles. The van der Waals surface area contributed by atoms with Gasteiger partial charge in [-0.15, -0.1) is 0 Å². The van der Waals surface area contributed by atoms with Gasteiger partial charge in [-0.1, -0.05) is 12.2 Å². The first-order valence-corrected chi connectivity index (χ1v) is 6.03. The molecule has 0 spiro atoms. The molecule has 0 bridgehead atoms. The molecule has 2 aliphatic carbocycles. The average molecular weight is 277 g/mol. The lowest BCUT2D eigenvalue weighted by atomic mass is 9.82. The first-order valence-electron chi connectivity index (χ1n) is 6.03. The van der Waals surface area contributed by atoms with Gasteiger partial charge in [-0.2, -0.15) is 13.2 Å². The topological polar surface area (TPSA) is 66.4 Å². The summed E-state index contributed by atoms with van der Waals surface area (Å²) in [6.07, 6.45) is -1.14. The number of carboxylic acid groups (broad SMARTS) is 1. The Morgan fingerprint density at radius 1 is 1.16 bits per heavy atom. The fraction of sp³-hybridized carbons (Fsp3) is 0.667. The molecule has 19 heavy (non-hydrogen) atoms. The van der Waals surface area contributed by atoms with Crippen molar-refractivity contribution < 1.29 is 27.9 Å². The molecular weight excluding hydrogens is 263 g/mol. The maximum atomic E-state index is 12.7. The lowest BCUT2D eigenvalue weighted by molar-refractivity contribution is -0.172. The van der Waals surface area contributed by atoms with Gasteiger partial charge in [0.05, 0.1) is 11.8 Å². The molecule has 2 rings (SSSR count). The Labute approximate surface area is 107 Å². The molecule has 0 saturated heterocycles. The molecule has 7 heteroatoms. The maximum Gasteiger partial charge on any atom is 0.411 e. The zero-order chi connectivity index (χ0) is 14.3. The fourth-order valence-corrected chi connectivity index (χ4v) is 2.31. The number of hydrogen-bond donors (Lipinski definition) is 2. The summed E-state index contributed by atoms with van der Waals surface area (Å²) in [4.78, 5) is 22.9. The van der Waals surface area contributed by atoms with Crippen molar-refractivity contribution >= 4 is 11.9 Å². The largest absolute Gasteiger partial charge is 0.481 e. The van der Waals surface area contributed by atoms with Crippen LogP contribution < -0.4 is 5.32 Å². The zero-order valence-corrected chi connectivity index (χ0v) is 10.0. The summed E-state index contributed by atoms with van der Waals surface area (Å²) in [5.74, 6) is -3.84. The third-order valence-electron chi connectivity index (χ3n) is 3.74. The summed E-state index contributed by atoms with van der Waals surface area (Å²) >= 11 is 0. The van der Waals surface area contributed by atoms with E-state index in [1.54, 1.807) is 12.2 Å². The van der Waals surface area contributed by atoms with E-state index in [2.05, 4.69) is 0 Å². The van der Waals surface area contributed by atoms with Gasteiger partial charge in [-0.3, -0.25) is 9.59 Å². The minimum atomic E-state index is -4.48. The van der Waals surface area contributed by atoms with Gasteiger partial charge in [-0.05, 0) is 25.7 Å². The van der Waals surface area contributed by atoms with Crippen molar-refractivity contribution in [3.63, 3.8) is 0 Å². The van der Waals surface area contributed by atoms with Crippen LogP contribution in [0.25, 0.3) is 0 Å². The van der Waals surface area contributed by atoms with E-state index in [0.717, 1.165) is 0 Å². The second-order valence-corrected chi connectivity index (χ2v) is 5.06. The van der Waals surface area contributed by atoms with Crippen LogP contribution >= 0.6 is 0 Å². The Morgan fingerprint density at radius 2 is 1.68 bits per heavy atom. The average Bonchev–Trinajstić information content (AvgIpc) is 3.09. The van der Waals surface area contributed by atoms with E-state index >= 15 is 0 Å². The lowest BCUT2D eigenvalue weighted by Gasteiger charge is -2.28. The third-order valence-corrected chi connectivity index (χ3v) is 3.74. The fourth-order valence-electron chi connectivity index (χ4n) is 2.31. The molecule has 0 aromatic rings. The quantitative estimate of drug-likeness (QED) is 0.774. The van der Waals surface area contributed by atoms with E-state index in [1.807, 2.05) is 5.32 Å². The third kappa shape index (κ3) is 2.59. The highest BCUT2D eigenvalue weighted by molar-refractivity contribution is 5.86. The Hall–Kier alpha value is -1.53. The molecule has 1 saturated carbocycles. The summed E-state index contributed by atoms with van der Waals surface area (Å²) in [6.45, 7) is 0. The number of rotatable bonds is 3. The van der Waals surface area contributed by atoms with Crippen LogP contribution in [0.3, 0.4) is 0 Å². The molecule has 1 amide bonds. The number of carbonyl (C=O) groups is 2. The first kappa shape index (κ1) is 13.9. The van der Waals surface area contributed by atoms with Crippen molar-refractivity contribution in [1.82, 2.24) is 5.32 Å². The van der Waals surface area contributed by atoms with Crippen molar-refractivity contribution in [2.75, 3.05) is 0 Å². The summed E-state index contributed by atoms with van der Waals surface area (Å²) in [7, 11) is 0. The van der Waals surface area contributed by atoms with Gasteiger partial charge in [0, 0.05) is 0 Å². The number of nitrogens with one attached hydrogen (secondary N) is 1. The van der Waals surface area contributed by atoms with Crippen LogP contribution in [-0.4, -0.2) is 28.7 Å². The van der Waals surface area contributed by atoms with Gasteiger partial charge in [0.1, 0.15) is 5.54 Å². The summed E-state index contributed by atoms with van der Waals surface area (Å²) in [5, 5.41) is 11.0. The SMILES string of the molecule is O=C(O)C1CC=CCC1C(=O)NC1(C(F)(F)F)CC1. The molecule has 2 unspecified atom stereocenters. The van der Waals surface area contributed by atoms with Crippen LogP contribution in [0.1, 0.15) is 25.7 Å². The lowest BCUT2D eigenvalue weighted by Crippen LogP contribution is -2.51. The predicted molar refractivity (Wildman–Crippen MR) is 59.2 cm³/mol. The van der Waals surface area contributed by atoms with E-state index in [4.69, 9.17) is 5.11 Å². The molecule has 2 atom stereocenters. The summed E-state index contributed by atoms with van der Waals surface area (Å²) in [6, 6.07) is 0. The normalized spacial score (nSPS) is 28.8. The smallest absolute Gasteiger partial charge is 0.411 e. The first-order chi connectivity index (χ1) is 8.77. The van der Waals surface area contributed by atoms with Crippen LogP contribution in [0.15, 0.2) is 12.2 Å². The summed E-state index contributed by atoms with van der Waals surface area (Å²) < 4.78 is 38.2. The second-order valence-electron chi connectivity index (χ2n) is 5.06. The number of carbonyl (C=O) groups excluding carboxylic acids is 1. The van der Waals surface area contributed by atoms with Crippen LogP contribution in [0.5, 0.6) is 0 Å². The number of hydrogen-bond acceptors (Lipinski definition) is 2. The van der Waals surface area contributed by atoms with Crippen molar-refractivity contribution in [3.05, 3.63) is 12.2 Å². The minimum absolute atomic E-state index is 0.136. The van der Waals surface area contributed by atoms with Crippen molar-refractivity contribution in [3.8, 4) is 0 Å². The molecule has 0 aromatic heterocycles. The zero-order valence-electron chi connectivity index (χ0n) is 10.0. The van der Waals surface area contributed by atoms with E-state index in [1.165, 1.54) is 0 Å². The number of aliphatic carboxylic acids is 1. The number of allylic oxidation sites excluding steroid dienone is 2. The molecule has 0 heterocycles. The molecule has 2 N–H and O–H groups in total. The molecule has 0 radical (unpaired) electrons. The van der Waals surface area contributed by atoms with E-state index in [0.29, 0.717) is 0 Å². The molecule has 4 nitrogen and oxygen atoms in total. The highest BCUT2D eigenvalue weighted by Gasteiger charge is 2.64. The van der Waals surface area contributed by atoms with Crippen LogP contribution in [0.4, 0.5) is 13.2 Å². The molecule has 106 valence electrons. The number of halogens is 3.